The first-order valence-electron chi connectivity index (χ1n) is 9.05. The van der Waals surface area contributed by atoms with E-state index in [0.717, 1.165) is 40.1 Å². The maximum atomic E-state index is 7.83. The molecule has 3 N–H and O–H groups in total. The van der Waals surface area contributed by atoms with Gasteiger partial charge in [0.15, 0.2) is 0 Å². The van der Waals surface area contributed by atoms with Crippen LogP contribution in [0, 0.1) is 5.41 Å². The van der Waals surface area contributed by atoms with Gasteiger partial charge in [0.25, 0.3) is 0 Å². The zero-order valence-corrected chi connectivity index (χ0v) is 16.4. The van der Waals surface area contributed by atoms with Crippen LogP contribution in [-0.2, 0) is 6.42 Å². The van der Waals surface area contributed by atoms with E-state index in [1.54, 1.807) is 19.2 Å². The van der Waals surface area contributed by atoms with Crippen molar-refractivity contribution in [1.29, 1.82) is 5.41 Å². The molecule has 0 aliphatic heterocycles. The predicted octanol–water partition coefficient (Wildman–Crippen LogP) is 5.78. The summed E-state index contributed by atoms with van der Waals surface area (Å²) < 4.78 is 3.34. The van der Waals surface area contributed by atoms with E-state index in [1.807, 2.05) is 30.3 Å². The lowest BCUT2D eigenvalue weighted by molar-refractivity contribution is 0.920. The molecule has 3 rings (SSSR count). The Morgan fingerprint density at radius 1 is 1.11 bits per heavy atom. The minimum atomic E-state index is 0.474. The Bertz CT molecular complexity index is 943. The van der Waals surface area contributed by atoms with Gasteiger partial charge in [-0.25, -0.2) is 0 Å². The number of nitrogens with one attached hydrogen (secondary N) is 3. The van der Waals surface area contributed by atoms with Gasteiger partial charge in [0.1, 0.15) is 5.82 Å². The molecule has 1 heterocycles. The Balaban J connectivity index is 1.75. The van der Waals surface area contributed by atoms with E-state index >= 15 is 0 Å². The highest BCUT2D eigenvalue weighted by Gasteiger charge is 2.05. The second kappa shape index (κ2) is 9.24. The second-order valence-electron chi connectivity index (χ2n) is 6.34. The molecule has 0 atom stereocenters. The van der Waals surface area contributed by atoms with Crippen LogP contribution < -0.4 is 10.0 Å². The summed E-state index contributed by atoms with van der Waals surface area (Å²) in [5.41, 5.74) is 3.73. The van der Waals surface area contributed by atoms with E-state index in [4.69, 9.17) is 5.41 Å². The zero-order valence-electron chi connectivity index (χ0n) is 15.6. The highest BCUT2D eigenvalue weighted by molar-refractivity contribution is 7.97. The summed E-state index contributed by atoms with van der Waals surface area (Å²) in [4.78, 5) is 5.53. The smallest absolute Gasteiger partial charge is 0.115 e. The first-order chi connectivity index (χ1) is 13.2. The summed E-state index contributed by atoms with van der Waals surface area (Å²) in [7, 11) is 0. The van der Waals surface area contributed by atoms with Crippen LogP contribution in [0.5, 0.6) is 0 Å². The topological polar surface area (TPSA) is 60.8 Å². The van der Waals surface area contributed by atoms with E-state index < -0.39 is 0 Å². The fraction of sp³-hybridized carbons (Fsp3) is 0.182. The first-order valence-corrected chi connectivity index (χ1v) is 9.87. The molecule has 0 aliphatic carbocycles. The predicted molar refractivity (Wildman–Crippen MR) is 116 cm³/mol. The molecule has 0 unspecified atom stereocenters. The molecule has 138 valence electrons. The van der Waals surface area contributed by atoms with E-state index in [0.29, 0.717) is 5.71 Å². The lowest BCUT2D eigenvalue weighted by atomic mass is 10.1. The molecule has 3 aromatic rings. The van der Waals surface area contributed by atoms with Gasteiger partial charge < -0.3 is 15.4 Å². The number of aromatic nitrogens is 1. The average Bonchev–Trinajstić information content (AvgIpc) is 2.67. The quantitative estimate of drug-likeness (QED) is 0.345. The molecule has 27 heavy (non-hydrogen) atoms. The highest BCUT2D eigenvalue weighted by atomic mass is 32.2. The average molecular weight is 377 g/mol. The summed E-state index contributed by atoms with van der Waals surface area (Å²) in [6, 6.07) is 18.5. The molecular weight excluding hydrogens is 352 g/mol. The van der Waals surface area contributed by atoms with Crippen molar-refractivity contribution in [1.82, 2.24) is 9.71 Å². The standard InChI is InChI=1S/C22H24N4S/c1-3-6-17-10-12-18(13-11-17)27-26-22(15-16(2)23)25-21-9-4-8-20-19(21)7-5-14-24-20/h4-5,7-15,23,25-26H,3,6H2,1-2H3/b22-15+,23-16?. The number of rotatable bonds is 8. The molecule has 0 aliphatic rings. The molecule has 4 nitrogen and oxygen atoms in total. The van der Waals surface area contributed by atoms with Crippen molar-refractivity contribution in [2.45, 2.75) is 31.6 Å². The number of nitrogens with zero attached hydrogens (tertiary/aromatic N) is 1. The summed E-state index contributed by atoms with van der Waals surface area (Å²) in [5.74, 6) is 0.765. The number of anilines is 1. The number of pyridine rings is 1. The molecule has 0 bridgehead atoms. The molecule has 0 spiro atoms. The second-order valence-corrected chi connectivity index (χ2v) is 7.22. The largest absolute Gasteiger partial charge is 0.341 e. The zero-order chi connectivity index (χ0) is 19.1. The molecule has 0 amide bonds. The van der Waals surface area contributed by atoms with Crippen LogP contribution in [0.4, 0.5) is 5.69 Å². The van der Waals surface area contributed by atoms with E-state index in [2.05, 4.69) is 46.2 Å². The summed E-state index contributed by atoms with van der Waals surface area (Å²) in [6.07, 6.45) is 5.84. The van der Waals surface area contributed by atoms with Crippen LogP contribution in [0.15, 0.2) is 77.6 Å². The molecule has 0 radical (unpaired) electrons. The number of fused-ring (bicyclic) bond motifs is 1. The Labute approximate surface area is 164 Å². The minimum absolute atomic E-state index is 0.474. The van der Waals surface area contributed by atoms with Gasteiger partial charge in [-0.2, -0.15) is 0 Å². The first kappa shape index (κ1) is 19.0. The van der Waals surface area contributed by atoms with Gasteiger partial charge in [0.2, 0.25) is 0 Å². The van der Waals surface area contributed by atoms with Crippen LogP contribution in [0.3, 0.4) is 0 Å². The van der Waals surface area contributed by atoms with Gasteiger partial charge in [0.05, 0.1) is 5.52 Å². The van der Waals surface area contributed by atoms with Crippen molar-refractivity contribution in [3.05, 3.63) is 78.3 Å². The SMILES string of the molecule is CCCc1ccc(SN/C(=C/C(C)=N)Nc2cccc3ncccc23)cc1. The maximum Gasteiger partial charge on any atom is 0.115 e. The Morgan fingerprint density at radius 3 is 2.67 bits per heavy atom. The molecular formula is C22H24N4S. The monoisotopic (exact) mass is 376 g/mol. The number of aryl methyl sites for hydroxylation is 1. The summed E-state index contributed by atoms with van der Waals surface area (Å²) in [6.45, 7) is 3.95. The van der Waals surface area contributed by atoms with Crippen LogP contribution in [0.1, 0.15) is 25.8 Å². The van der Waals surface area contributed by atoms with Crippen LogP contribution in [0.2, 0.25) is 0 Å². The number of allylic oxidation sites excluding steroid dienone is 1. The lowest BCUT2D eigenvalue weighted by Gasteiger charge is -2.15. The fourth-order valence-electron chi connectivity index (χ4n) is 2.79. The highest BCUT2D eigenvalue weighted by Crippen LogP contribution is 2.24. The van der Waals surface area contributed by atoms with Crippen LogP contribution >= 0.6 is 11.9 Å². The molecule has 0 saturated carbocycles. The molecule has 5 heteroatoms. The van der Waals surface area contributed by atoms with E-state index in [1.165, 1.54) is 17.5 Å². The third kappa shape index (κ3) is 5.34. The van der Waals surface area contributed by atoms with Gasteiger partial charge in [0, 0.05) is 27.9 Å². The fourth-order valence-corrected chi connectivity index (χ4v) is 3.40. The van der Waals surface area contributed by atoms with Crippen molar-refractivity contribution >= 4 is 34.2 Å². The van der Waals surface area contributed by atoms with Crippen molar-refractivity contribution in [2.75, 3.05) is 5.32 Å². The Morgan fingerprint density at radius 2 is 1.93 bits per heavy atom. The van der Waals surface area contributed by atoms with Gasteiger partial charge >= 0.3 is 0 Å². The van der Waals surface area contributed by atoms with Gasteiger partial charge in [-0.15, -0.1) is 0 Å². The van der Waals surface area contributed by atoms with E-state index in [9.17, 15) is 0 Å². The molecule has 1 aromatic heterocycles. The Kier molecular flexibility index (Phi) is 6.49. The molecule has 0 saturated heterocycles. The normalized spacial score (nSPS) is 11.4. The van der Waals surface area contributed by atoms with Gasteiger partial charge in [-0.3, -0.25) is 4.98 Å². The van der Waals surface area contributed by atoms with Crippen LogP contribution in [0.25, 0.3) is 10.9 Å². The summed E-state index contributed by atoms with van der Waals surface area (Å²) >= 11 is 1.53. The third-order valence-electron chi connectivity index (χ3n) is 4.02. The Hall–Kier alpha value is -2.79. The van der Waals surface area contributed by atoms with Crippen molar-refractivity contribution in [3.63, 3.8) is 0 Å². The molecule has 2 aromatic carbocycles. The number of hydrogen-bond donors (Lipinski definition) is 3. The van der Waals surface area contributed by atoms with Gasteiger partial charge in [-0.1, -0.05) is 31.5 Å². The minimum Gasteiger partial charge on any atom is -0.341 e. The van der Waals surface area contributed by atoms with E-state index in [-0.39, 0.29) is 0 Å². The van der Waals surface area contributed by atoms with Crippen LogP contribution in [-0.4, -0.2) is 10.7 Å². The van der Waals surface area contributed by atoms with Crippen molar-refractivity contribution in [3.8, 4) is 0 Å². The van der Waals surface area contributed by atoms with Crippen molar-refractivity contribution < 1.29 is 0 Å². The van der Waals surface area contributed by atoms with Crippen molar-refractivity contribution in [2.24, 2.45) is 0 Å². The maximum absolute atomic E-state index is 7.83. The number of benzene rings is 2. The number of hydrogen-bond acceptors (Lipinski definition) is 5. The third-order valence-corrected chi connectivity index (χ3v) is 4.85. The van der Waals surface area contributed by atoms with Gasteiger partial charge in [-0.05, 0) is 73.3 Å². The summed E-state index contributed by atoms with van der Waals surface area (Å²) in [5, 5.41) is 12.3. The lowest BCUT2D eigenvalue weighted by Crippen LogP contribution is -2.14. The molecule has 0 fully saturated rings.